The minimum Gasteiger partial charge on any atom is -0.368 e. The van der Waals surface area contributed by atoms with Crippen LogP contribution in [0.3, 0.4) is 0 Å². The molecule has 21 heteroatoms. The maximum atomic E-state index is 14.8. The number of nitrogens with one attached hydrogen (secondary N) is 6. The van der Waals surface area contributed by atoms with Crippen molar-refractivity contribution in [2.45, 2.75) is 118 Å². The molecular formula is C85H82N16O5. The van der Waals surface area contributed by atoms with Crippen molar-refractivity contribution in [2.75, 3.05) is 43.4 Å². The molecule has 2 fully saturated rings. The molecule has 16 rings (SSSR count). The van der Waals surface area contributed by atoms with Gasteiger partial charge in [0.1, 0.15) is 0 Å². The Morgan fingerprint density at radius 3 is 1.35 bits per heavy atom. The fourth-order valence-corrected chi connectivity index (χ4v) is 16.7. The number of nitrogen functional groups attached to an aromatic ring is 2. The largest absolute Gasteiger partial charge is 0.368 e. The van der Waals surface area contributed by atoms with E-state index in [9.17, 15) is 24.0 Å². The van der Waals surface area contributed by atoms with Crippen molar-refractivity contribution in [3.8, 4) is 22.3 Å². The molecule has 0 aliphatic heterocycles. The first-order valence-corrected chi connectivity index (χ1v) is 36.4. The van der Waals surface area contributed by atoms with E-state index in [2.05, 4.69) is 64.0 Å². The molecule has 4 aliphatic rings. The number of nitrogens with zero attached hydrogens (tertiary/aromatic N) is 8. The molecule has 0 bridgehead atoms. The summed E-state index contributed by atoms with van der Waals surface area (Å²) >= 11 is 0. The van der Waals surface area contributed by atoms with Crippen LogP contribution in [0.4, 0.5) is 69.8 Å². The number of hydrogen-bond acceptors (Lipinski definition) is 19. The molecule has 532 valence electrons. The summed E-state index contributed by atoms with van der Waals surface area (Å²) in [6.07, 6.45) is 9.82. The molecule has 0 radical (unpaired) electrons. The van der Waals surface area contributed by atoms with Gasteiger partial charge in [0.2, 0.25) is 35.7 Å². The Morgan fingerprint density at radius 2 is 0.858 bits per heavy atom. The molecule has 10 N–H and O–H groups in total. The van der Waals surface area contributed by atoms with E-state index in [0.29, 0.717) is 120 Å². The SMILES string of the molecule is Cc1cccc(Cc2c3c4c(c(Nc5cc(Nc6nc(N)nc(NC7CCC(CC8CCC(Nc9nc(N)nc(Nc%10cc(Nc%11ccc%12c%13c%11C(=O)c%11ccccc%11-c%13c(C(=O)c%11cccc(C)c%11)c(=O)n%12C)c(C)cc%10C)n9)CC8)CC7)n6)c(C)cc5C)ccc4n(C)c2=O)C(=O)c2ccccc2-3)c1. The van der Waals surface area contributed by atoms with Gasteiger partial charge >= 0.3 is 0 Å². The van der Waals surface area contributed by atoms with E-state index in [-0.39, 0.29) is 52.6 Å². The third kappa shape index (κ3) is 12.7. The first-order chi connectivity index (χ1) is 51.2. The molecule has 106 heavy (non-hydrogen) atoms. The zero-order valence-corrected chi connectivity index (χ0v) is 60.5. The predicted octanol–water partition coefficient (Wildman–Crippen LogP) is 16.0. The second-order valence-electron chi connectivity index (χ2n) is 29.3. The fourth-order valence-electron chi connectivity index (χ4n) is 16.7. The van der Waals surface area contributed by atoms with Crippen LogP contribution in [0.25, 0.3) is 44.1 Å². The third-order valence-electron chi connectivity index (χ3n) is 22.0. The molecule has 0 atom stereocenters. The van der Waals surface area contributed by atoms with Crippen LogP contribution in [0.15, 0.2) is 155 Å². The third-order valence-corrected chi connectivity index (χ3v) is 22.0. The van der Waals surface area contributed by atoms with Gasteiger partial charge < -0.3 is 52.5 Å². The van der Waals surface area contributed by atoms with Gasteiger partial charge in [0.25, 0.3) is 11.1 Å². The highest BCUT2D eigenvalue weighted by Crippen LogP contribution is 2.48. The van der Waals surface area contributed by atoms with Gasteiger partial charge in [-0.25, -0.2) is 0 Å². The van der Waals surface area contributed by atoms with Gasteiger partial charge in [-0.3, -0.25) is 24.0 Å². The summed E-state index contributed by atoms with van der Waals surface area (Å²) in [5, 5.41) is 22.5. The summed E-state index contributed by atoms with van der Waals surface area (Å²) in [5.74, 6) is 2.04. The van der Waals surface area contributed by atoms with Crippen LogP contribution >= 0.6 is 0 Å². The van der Waals surface area contributed by atoms with Crippen LogP contribution in [0.1, 0.15) is 150 Å². The van der Waals surface area contributed by atoms with E-state index in [4.69, 9.17) is 21.4 Å². The van der Waals surface area contributed by atoms with E-state index >= 15 is 0 Å². The van der Waals surface area contributed by atoms with E-state index in [1.54, 1.807) is 49.0 Å². The maximum absolute atomic E-state index is 14.8. The number of aryl methyl sites for hydroxylation is 8. The number of anilines is 12. The molecule has 21 nitrogen and oxygen atoms in total. The zero-order valence-electron chi connectivity index (χ0n) is 60.5. The van der Waals surface area contributed by atoms with E-state index in [1.165, 1.54) is 11.0 Å². The van der Waals surface area contributed by atoms with Crippen LogP contribution in [0.2, 0.25) is 0 Å². The number of nitrogens with two attached hydrogens (primary N) is 2. The summed E-state index contributed by atoms with van der Waals surface area (Å²) in [7, 11) is 3.42. The molecule has 4 aliphatic carbocycles. The van der Waals surface area contributed by atoms with Crippen molar-refractivity contribution < 1.29 is 14.4 Å². The number of benzene rings is 8. The van der Waals surface area contributed by atoms with Crippen LogP contribution < -0.4 is 54.5 Å². The van der Waals surface area contributed by atoms with Gasteiger partial charge in [-0.05, 0) is 193 Å². The second-order valence-corrected chi connectivity index (χ2v) is 29.3. The molecule has 4 aromatic heterocycles. The minimum absolute atomic E-state index is 0.0180. The Bertz CT molecular complexity index is 5810. The monoisotopic (exact) mass is 1410 g/mol. The van der Waals surface area contributed by atoms with Gasteiger partial charge in [-0.1, -0.05) is 114 Å². The number of aromatic nitrogens is 8. The number of fused-ring (bicyclic) bond motifs is 4. The molecule has 0 unspecified atom stereocenters. The Balaban J connectivity index is 0.548. The lowest BCUT2D eigenvalue weighted by molar-refractivity contribution is 0.102. The van der Waals surface area contributed by atoms with Crippen molar-refractivity contribution in [1.29, 1.82) is 0 Å². The highest BCUT2D eigenvalue weighted by atomic mass is 16.2. The Morgan fingerprint density at radius 1 is 0.425 bits per heavy atom. The van der Waals surface area contributed by atoms with Crippen molar-refractivity contribution >= 4 is 109 Å². The average Bonchev–Trinajstić information content (AvgIpc) is 0.713. The summed E-state index contributed by atoms with van der Waals surface area (Å²) in [6.45, 7) is 12.0. The summed E-state index contributed by atoms with van der Waals surface area (Å²) in [4.78, 5) is 101. The second kappa shape index (κ2) is 27.3. The molecule has 0 saturated heterocycles. The van der Waals surface area contributed by atoms with Crippen LogP contribution in [-0.4, -0.2) is 68.5 Å². The number of hydrogen-bond donors (Lipinski definition) is 8. The van der Waals surface area contributed by atoms with E-state index < -0.39 is 11.3 Å². The van der Waals surface area contributed by atoms with Crippen LogP contribution in [0, 0.1) is 53.4 Å². The molecular weight excluding hydrogens is 1330 g/mol. The smallest absolute Gasteiger partial charge is 0.262 e. The lowest BCUT2D eigenvalue weighted by atomic mass is 9.75. The quantitative estimate of drug-likeness (QED) is 0.0370. The van der Waals surface area contributed by atoms with E-state index in [1.807, 2.05) is 145 Å². The first-order valence-electron chi connectivity index (χ1n) is 36.4. The van der Waals surface area contributed by atoms with Crippen molar-refractivity contribution in [3.05, 3.63) is 244 Å². The van der Waals surface area contributed by atoms with Crippen LogP contribution in [-0.2, 0) is 20.5 Å². The number of pyridine rings is 2. The van der Waals surface area contributed by atoms with Crippen molar-refractivity contribution in [2.24, 2.45) is 25.9 Å². The highest BCUT2D eigenvalue weighted by molar-refractivity contribution is 6.31. The van der Waals surface area contributed by atoms with Gasteiger partial charge in [0, 0.05) is 99.5 Å². The van der Waals surface area contributed by atoms with Crippen molar-refractivity contribution in [3.63, 3.8) is 0 Å². The van der Waals surface area contributed by atoms with Gasteiger partial charge in [-0.15, -0.1) is 0 Å². The zero-order chi connectivity index (χ0) is 73.5. The number of ketones is 3. The summed E-state index contributed by atoms with van der Waals surface area (Å²) < 4.78 is 3.14. The Labute approximate surface area is 612 Å². The fraction of sp³-hybridized carbons (Fsp3) is 0.259. The van der Waals surface area contributed by atoms with Gasteiger partial charge in [0.05, 0.1) is 39.1 Å². The normalized spacial score (nSPS) is 16.5. The van der Waals surface area contributed by atoms with Gasteiger partial charge in [0.15, 0.2) is 17.3 Å². The molecule has 2 saturated carbocycles. The number of carbonyl (C=O) groups excluding carboxylic acids is 3. The molecule has 0 amide bonds. The summed E-state index contributed by atoms with van der Waals surface area (Å²) in [5.41, 5.74) is 29.8. The number of carbonyl (C=O) groups is 3. The minimum atomic E-state index is -0.439. The number of rotatable bonds is 18. The van der Waals surface area contributed by atoms with E-state index in [0.717, 1.165) is 118 Å². The van der Waals surface area contributed by atoms with Gasteiger partial charge in [-0.2, -0.15) is 29.9 Å². The molecule has 8 aromatic carbocycles. The Hall–Kier alpha value is -12.4. The molecule has 4 heterocycles. The summed E-state index contributed by atoms with van der Waals surface area (Å²) in [6, 6.07) is 46.1. The topological polar surface area (TPSA) is 297 Å². The molecule has 0 spiro atoms. The highest BCUT2D eigenvalue weighted by Gasteiger charge is 2.37. The average molecular weight is 1410 g/mol. The maximum Gasteiger partial charge on any atom is 0.262 e. The predicted molar refractivity (Wildman–Crippen MR) is 422 cm³/mol. The van der Waals surface area contributed by atoms with Crippen LogP contribution in [0.5, 0.6) is 0 Å². The lowest BCUT2D eigenvalue weighted by Gasteiger charge is -2.34. The molecule has 12 aromatic rings. The van der Waals surface area contributed by atoms with Crippen molar-refractivity contribution in [1.82, 2.24) is 39.0 Å². The standard InChI is InChI=1S/C85H82N16O5/c1-43-15-13-17-51(35-43)40-59-68-55-19-9-11-21-57(55)76(103)70-60(31-33-66(72(68)70)100(7)78(59)105)90-62-41-64(47(5)37-45(62)3)92-84-96-80(86)94-82(98-84)88-53-27-23-49(24-28-53)39-50-25-29-54(30-26-50)89-83-95-81(87)97-85(99-83)93-65-42-63(46(4)38-48(65)6)91-61-32-34-67-73-69(56-20-10-12-22-58(56)77(104)71(61)73)74(79(106)101(67)8)75(102)52-18-14-16-44(2)36-52/h9-22,31-38,41-42,49-50,53-54,90-91H,23-30,39-40H2,1-8H3,(H4,86,88,92,94,96,98)(H4,87,89,93,95,97,99). The lowest BCUT2D eigenvalue weighted by Crippen LogP contribution is -2.30. The Kier molecular flexibility index (Phi) is 17.6. The first kappa shape index (κ1) is 68.1.